The van der Waals surface area contributed by atoms with E-state index in [9.17, 15) is 9.90 Å². The molecule has 1 aromatic rings. The van der Waals surface area contributed by atoms with Gasteiger partial charge in [0.05, 0.1) is 0 Å². The van der Waals surface area contributed by atoms with Gasteiger partial charge in [0.1, 0.15) is 6.10 Å². The molecule has 0 fully saturated rings. The Morgan fingerprint density at radius 2 is 2.00 bits per heavy atom. The van der Waals surface area contributed by atoms with Crippen LogP contribution in [-0.2, 0) is 4.79 Å². The first-order chi connectivity index (χ1) is 6.93. The largest absolute Gasteiger partial charge is 0.479 e. The molecule has 0 heterocycles. The number of hydrogen-bond acceptors (Lipinski definition) is 3. The quantitative estimate of drug-likeness (QED) is 0.727. The Morgan fingerprint density at radius 3 is 2.47 bits per heavy atom. The van der Waals surface area contributed by atoms with E-state index in [1.165, 1.54) is 12.1 Å². The SMILES string of the molecule is Cc1ccc(C(O)C(O)C(=O)O)cc1Cl. The molecule has 0 bridgehead atoms. The fourth-order valence-electron chi connectivity index (χ4n) is 1.11. The zero-order chi connectivity index (χ0) is 11.6. The maximum Gasteiger partial charge on any atom is 0.335 e. The van der Waals surface area contributed by atoms with Crippen LogP contribution in [0.25, 0.3) is 0 Å². The van der Waals surface area contributed by atoms with Crippen molar-refractivity contribution in [2.24, 2.45) is 0 Å². The minimum Gasteiger partial charge on any atom is -0.479 e. The molecular formula is C10H11ClO4. The lowest BCUT2D eigenvalue weighted by Gasteiger charge is -2.14. The number of halogens is 1. The number of carboxylic acid groups (broad SMARTS) is 1. The third-order valence-corrected chi connectivity index (χ3v) is 2.50. The lowest BCUT2D eigenvalue weighted by atomic mass is 10.0. The van der Waals surface area contributed by atoms with E-state index in [4.69, 9.17) is 21.8 Å². The van der Waals surface area contributed by atoms with Gasteiger partial charge in [-0.15, -0.1) is 0 Å². The van der Waals surface area contributed by atoms with Crippen LogP contribution in [0, 0.1) is 6.92 Å². The first-order valence-corrected chi connectivity index (χ1v) is 4.66. The molecule has 0 saturated carbocycles. The zero-order valence-electron chi connectivity index (χ0n) is 8.01. The molecule has 15 heavy (non-hydrogen) atoms. The van der Waals surface area contributed by atoms with Crippen LogP contribution in [0.3, 0.4) is 0 Å². The second-order valence-electron chi connectivity index (χ2n) is 3.24. The van der Waals surface area contributed by atoms with E-state index in [1.807, 2.05) is 0 Å². The molecule has 1 aromatic carbocycles. The first kappa shape index (κ1) is 12.0. The number of rotatable bonds is 3. The lowest BCUT2D eigenvalue weighted by Crippen LogP contribution is -2.27. The topological polar surface area (TPSA) is 77.8 Å². The molecular weight excluding hydrogens is 220 g/mol. The van der Waals surface area contributed by atoms with Crippen molar-refractivity contribution in [3.05, 3.63) is 34.3 Å². The van der Waals surface area contributed by atoms with Gasteiger partial charge in [-0.05, 0) is 24.1 Å². The average Bonchev–Trinajstić information content (AvgIpc) is 2.19. The molecule has 0 saturated heterocycles. The Hall–Kier alpha value is -1.10. The van der Waals surface area contributed by atoms with Crippen LogP contribution in [-0.4, -0.2) is 27.4 Å². The van der Waals surface area contributed by atoms with Crippen LogP contribution >= 0.6 is 11.6 Å². The molecule has 0 aliphatic heterocycles. The van der Waals surface area contributed by atoms with Gasteiger partial charge in [-0.2, -0.15) is 0 Å². The average molecular weight is 231 g/mol. The summed E-state index contributed by atoms with van der Waals surface area (Å²) in [6.45, 7) is 1.78. The second-order valence-corrected chi connectivity index (χ2v) is 3.64. The summed E-state index contributed by atoms with van der Waals surface area (Å²) < 4.78 is 0. The van der Waals surface area contributed by atoms with Crippen LogP contribution in [0.1, 0.15) is 17.2 Å². The molecule has 0 spiro atoms. The van der Waals surface area contributed by atoms with E-state index < -0.39 is 18.2 Å². The number of aliphatic carboxylic acids is 1. The third kappa shape index (κ3) is 2.68. The highest BCUT2D eigenvalue weighted by molar-refractivity contribution is 6.31. The summed E-state index contributed by atoms with van der Waals surface area (Å²) >= 11 is 5.80. The van der Waals surface area contributed by atoms with Crippen molar-refractivity contribution in [3.63, 3.8) is 0 Å². The molecule has 0 radical (unpaired) electrons. The number of carboxylic acids is 1. The van der Waals surface area contributed by atoms with E-state index in [0.29, 0.717) is 5.02 Å². The van der Waals surface area contributed by atoms with Crippen molar-refractivity contribution in [3.8, 4) is 0 Å². The van der Waals surface area contributed by atoms with Crippen molar-refractivity contribution in [2.75, 3.05) is 0 Å². The summed E-state index contributed by atoms with van der Waals surface area (Å²) in [4.78, 5) is 10.4. The molecule has 0 amide bonds. The smallest absolute Gasteiger partial charge is 0.335 e. The van der Waals surface area contributed by atoms with Gasteiger partial charge in [0.25, 0.3) is 0 Å². The van der Waals surface area contributed by atoms with Crippen LogP contribution in [0.4, 0.5) is 0 Å². The van der Waals surface area contributed by atoms with E-state index >= 15 is 0 Å². The van der Waals surface area contributed by atoms with E-state index in [-0.39, 0.29) is 5.56 Å². The van der Waals surface area contributed by atoms with Crippen molar-refractivity contribution in [1.29, 1.82) is 0 Å². The molecule has 0 aliphatic rings. The highest BCUT2D eigenvalue weighted by Gasteiger charge is 2.25. The predicted molar refractivity (Wildman–Crippen MR) is 54.8 cm³/mol. The van der Waals surface area contributed by atoms with Crippen LogP contribution in [0.2, 0.25) is 5.02 Å². The van der Waals surface area contributed by atoms with E-state index in [2.05, 4.69) is 0 Å². The standard InChI is InChI=1S/C10H11ClO4/c1-5-2-3-6(4-7(5)11)8(12)9(13)10(14)15/h2-4,8-9,12-13H,1H3,(H,14,15). The maximum atomic E-state index is 10.4. The number of carbonyl (C=O) groups is 1. The molecule has 2 atom stereocenters. The molecule has 4 nitrogen and oxygen atoms in total. The van der Waals surface area contributed by atoms with Gasteiger partial charge >= 0.3 is 5.97 Å². The summed E-state index contributed by atoms with van der Waals surface area (Å²) in [7, 11) is 0. The van der Waals surface area contributed by atoms with Crippen molar-refractivity contribution in [1.82, 2.24) is 0 Å². The van der Waals surface area contributed by atoms with Gasteiger partial charge in [-0.3, -0.25) is 0 Å². The number of aryl methyl sites for hydroxylation is 1. The van der Waals surface area contributed by atoms with Gasteiger partial charge in [0.15, 0.2) is 6.10 Å². The van der Waals surface area contributed by atoms with Gasteiger partial charge in [-0.25, -0.2) is 4.79 Å². The summed E-state index contributed by atoms with van der Waals surface area (Å²) in [5.74, 6) is -1.47. The van der Waals surface area contributed by atoms with Gasteiger partial charge in [0, 0.05) is 5.02 Å². The minimum atomic E-state index is -1.84. The van der Waals surface area contributed by atoms with Crippen LogP contribution in [0.15, 0.2) is 18.2 Å². The molecule has 82 valence electrons. The lowest BCUT2D eigenvalue weighted by molar-refractivity contribution is -0.153. The molecule has 5 heteroatoms. The van der Waals surface area contributed by atoms with Gasteiger partial charge in [0.2, 0.25) is 0 Å². The van der Waals surface area contributed by atoms with E-state index in [1.54, 1.807) is 13.0 Å². The first-order valence-electron chi connectivity index (χ1n) is 4.28. The Bertz CT molecular complexity index is 378. The van der Waals surface area contributed by atoms with Crippen molar-refractivity contribution >= 4 is 17.6 Å². The fourth-order valence-corrected chi connectivity index (χ4v) is 1.30. The van der Waals surface area contributed by atoms with Gasteiger partial charge < -0.3 is 15.3 Å². The maximum absolute atomic E-state index is 10.4. The minimum absolute atomic E-state index is 0.278. The molecule has 0 aromatic heterocycles. The van der Waals surface area contributed by atoms with Crippen LogP contribution in [0.5, 0.6) is 0 Å². The molecule has 3 N–H and O–H groups in total. The van der Waals surface area contributed by atoms with Crippen LogP contribution < -0.4 is 0 Å². The molecule has 0 aliphatic carbocycles. The van der Waals surface area contributed by atoms with Crippen molar-refractivity contribution in [2.45, 2.75) is 19.1 Å². The molecule has 2 unspecified atom stereocenters. The molecule has 1 rings (SSSR count). The Morgan fingerprint density at radius 1 is 1.40 bits per heavy atom. The Balaban J connectivity index is 2.96. The van der Waals surface area contributed by atoms with E-state index in [0.717, 1.165) is 5.56 Å². The number of hydrogen-bond donors (Lipinski definition) is 3. The highest BCUT2D eigenvalue weighted by atomic mass is 35.5. The monoisotopic (exact) mass is 230 g/mol. The number of aliphatic hydroxyl groups is 2. The number of benzene rings is 1. The number of aliphatic hydroxyl groups excluding tert-OH is 2. The second kappa shape index (κ2) is 4.61. The Kier molecular flexibility index (Phi) is 3.68. The van der Waals surface area contributed by atoms with Crippen molar-refractivity contribution < 1.29 is 20.1 Å². The summed E-state index contributed by atoms with van der Waals surface area (Å²) in [5, 5.41) is 27.5. The summed E-state index contributed by atoms with van der Waals surface area (Å²) in [5.41, 5.74) is 1.10. The third-order valence-electron chi connectivity index (χ3n) is 2.09. The Labute approximate surface area is 91.7 Å². The van der Waals surface area contributed by atoms with Gasteiger partial charge in [-0.1, -0.05) is 23.7 Å². The summed E-state index contributed by atoms with van der Waals surface area (Å²) in [6, 6.07) is 4.61. The zero-order valence-corrected chi connectivity index (χ0v) is 8.77. The highest BCUT2D eigenvalue weighted by Crippen LogP contribution is 2.23. The normalized spacial score (nSPS) is 14.7. The summed E-state index contributed by atoms with van der Waals surface area (Å²) in [6.07, 6.45) is -3.32. The predicted octanol–water partition coefficient (Wildman–Crippen LogP) is 1.13. The fraction of sp³-hybridized carbons (Fsp3) is 0.300.